The Labute approximate surface area is 84.4 Å². The van der Waals surface area contributed by atoms with Gasteiger partial charge < -0.3 is 15.6 Å². The van der Waals surface area contributed by atoms with Crippen LogP contribution >= 0.6 is 0 Å². The number of hydrogen-bond donors (Lipinski definition) is 2. The summed E-state index contributed by atoms with van der Waals surface area (Å²) in [5.41, 5.74) is 5.34. The van der Waals surface area contributed by atoms with Crippen LogP contribution in [0.5, 0.6) is 0 Å². The third-order valence-electron chi connectivity index (χ3n) is 2.70. The monoisotopic (exact) mass is 201 g/mol. The van der Waals surface area contributed by atoms with Crippen molar-refractivity contribution in [2.24, 2.45) is 11.7 Å². The Bertz CT molecular complexity index is 184. The standard InChI is InChI=1S/C10H19NO3/c11-6-3-7-14-9-5-2-1-4-8(9)10(12)13/h8-9H,1-7,11H2,(H,12,13)/t8?,9-/m0/s1. The molecule has 1 rings (SSSR count). The van der Waals surface area contributed by atoms with Crippen LogP contribution in [0.2, 0.25) is 0 Å². The molecule has 0 aromatic carbocycles. The molecule has 3 N–H and O–H groups in total. The van der Waals surface area contributed by atoms with E-state index in [1.165, 1.54) is 0 Å². The van der Waals surface area contributed by atoms with Crippen molar-refractivity contribution in [2.75, 3.05) is 13.2 Å². The van der Waals surface area contributed by atoms with Gasteiger partial charge in [0.2, 0.25) is 0 Å². The van der Waals surface area contributed by atoms with Crippen molar-refractivity contribution in [3.05, 3.63) is 0 Å². The molecule has 0 radical (unpaired) electrons. The number of ether oxygens (including phenoxy) is 1. The van der Waals surface area contributed by atoms with Gasteiger partial charge in [0.15, 0.2) is 0 Å². The number of rotatable bonds is 5. The van der Waals surface area contributed by atoms with Crippen LogP contribution in [0.4, 0.5) is 0 Å². The van der Waals surface area contributed by atoms with E-state index < -0.39 is 5.97 Å². The fourth-order valence-electron chi connectivity index (χ4n) is 1.90. The second kappa shape index (κ2) is 5.98. The first-order chi connectivity index (χ1) is 6.75. The highest BCUT2D eigenvalue weighted by Gasteiger charge is 2.31. The molecule has 0 saturated heterocycles. The second-order valence-corrected chi connectivity index (χ2v) is 3.78. The molecule has 1 aliphatic rings. The van der Waals surface area contributed by atoms with Crippen molar-refractivity contribution >= 4 is 5.97 Å². The summed E-state index contributed by atoms with van der Waals surface area (Å²) in [5, 5.41) is 8.96. The van der Waals surface area contributed by atoms with E-state index in [1.807, 2.05) is 0 Å². The lowest BCUT2D eigenvalue weighted by Crippen LogP contribution is -2.34. The number of hydrogen-bond acceptors (Lipinski definition) is 3. The molecule has 1 saturated carbocycles. The van der Waals surface area contributed by atoms with Gasteiger partial charge in [0.05, 0.1) is 12.0 Å². The van der Waals surface area contributed by atoms with Gasteiger partial charge in [-0.3, -0.25) is 4.79 Å². The van der Waals surface area contributed by atoms with Gasteiger partial charge in [-0.05, 0) is 25.8 Å². The van der Waals surface area contributed by atoms with Crippen molar-refractivity contribution in [3.63, 3.8) is 0 Å². The van der Waals surface area contributed by atoms with Crippen molar-refractivity contribution in [1.29, 1.82) is 0 Å². The summed E-state index contributed by atoms with van der Waals surface area (Å²) in [6.07, 6.45) is 4.44. The van der Waals surface area contributed by atoms with Crippen LogP contribution in [0, 0.1) is 5.92 Å². The molecule has 1 unspecified atom stereocenters. The first-order valence-electron chi connectivity index (χ1n) is 5.30. The van der Waals surface area contributed by atoms with Crippen molar-refractivity contribution in [1.82, 2.24) is 0 Å². The topological polar surface area (TPSA) is 72.5 Å². The van der Waals surface area contributed by atoms with E-state index >= 15 is 0 Å². The maximum atomic E-state index is 10.9. The lowest BCUT2D eigenvalue weighted by Gasteiger charge is -2.28. The third kappa shape index (κ3) is 3.27. The highest BCUT2D eigenvalue weighted by molar-refractivity contribution is 5.70. The average Bonchev–Trinajstić information content (AvgIpc) is 2.19. The molecule has 1 fully saturated rings. The first kappa shape index (κ1) is 11.5. The Hall–Kier alpha value is -0.610. The van der Waals surface area contributed by atoms with Gasteiger partial charge in [-0.2, -0.15) is 0 Å². The van der Waals surface area contributed by atoms with E-state index in [2.05, 4.69) is 0 Å². The summed E-state index contributed by atoms with van der Waals surface area (Å²) < 4.78 is 5.54. The summed E-state index contributed by atoms with van der Waals surface area (Å²) in [7, 11) is 0. The van der Waals surface area contributed by atoms with E-state index in [9.17, 15) is 4.79 Å². The second-order valence-electron chi connectivity index (χ2n) is 3.78. The minimum absolute atomic E-state index is 0.0900. The van der Waals surface area contributed by atoms with Gasteiger partial charge in [0.1, 0.15) is 0 Å². The molecule has 0 aromatic rings. The van der Waals surface area contributed by atoms with Crippen LogP contribution in [-0.2, 0) is 9.53 Å². The van der Waals surface area contributed by atoms with Crippen LogP contribution in [0.1, 0.15) is 32.1 Å². The van der Waals surface area contributed by atoms with Gasteiger partial charge in [0, 0.05) is 6.61 Å². The van der Waals surface area contributed by atoms with Gasteiger partial charge in [-0.1, -0.05) is 12.8 Å². The van der Waals surface area contributed by atoms with Gasteiger partial charge >= 0.3 is 5.97 Å². The molecule has 0 amide bonds. The Kier molecular flexibility index (Phi) is 4.90. The SMILES string of the molecule is NCCCO[C@H]1CCCCC1C(=O)O. The number of aliphatic carboxylic acids is 1. The van der Waals surface area contributed by atoms with Gasteiger partial charge in [-0.15, -0.1) is 0 Å². The molecule has 4 nitrogen and oxygen atoms in total. The summed E-state index contributed by atoms with van der Waals surface area (Å²) in [5.74, 6) is -1.02. The maximum absolute atomic E-state index is 10.9. The minimum Gasteiger partial charge on any atom is -0.481 e. The zero-order valence-corrected chi connectivity index (χ0v) is 8.45. The van der Waals surface area contributed by atoms with Crippen molar-refractivity contribution in [3.8, 4) is 0 Å². The summed E-state index contributed by atoms with van der Waals surface area (Å²) in [4.78, 5) is 10.9. The minimum atomic E-state index is -0.720. The largest absolute Gasteiger partial charge is 0.481 e. The molecular formula is C10H19NO3. The molecule has 0 aliphatic heterocycles. The van der Waals surface area contributed by atoms with Crippen LogP contribution in [-0.4, -0.2) is 30.3 Å². The van der Waals surface area contributed by atoms with Gasteiger partial charge in [-0.25, -0.2) is 0 Å². The fraction of sp³-hybridized carbons (Fsp3) is 0.900. The Morgan fingerprint density at radius 2 is 2.14 bits per heavy atom. The maximum Gasteiger partial charge on any atom is 0.309 e. The summed E-state index contributed by atoms with van der Waals surface area (Å²) in [6.45, 7) is 1.19. The number of nitrogens with two attached hydrogens (primary N) is 1. The number of carboxylic acid groups (broad SMARTS) is 1. The van der Waals surface area contributed by atoms with Crippen LogP contribution in [0.15, 0.2) is 0 Å². The summed E-state index contributed by atoms with van der Waals surface area (Å²) >= 11 is 0. The number of carboxylic acids is 1. The molecule has 14 heavy (non-hydrogen) atoms. The van der Waals surface area contributed by atoms with E-state index in [4.69, 9.17) is 15.6 Å². The fourth-order valence-corrected chi connectivity index (χ4v) is 1.90. The molecule has 0 bridgehead atoms. The molecular weight excluding hydrogens is 182 g/mol. The number of carbonyl (C=O) groups is 1. The molecule has 0 spiro atoms. The molecule has 2 atom stereocenters. The molecule has 4 heteroatoms. The Balaban J connectivity index is 2.34. The third-order valence-corrected chi connectivity index (χ3v) is 2.70. The van der Waals surface area contributed by atoms with Crippen molar-refractivity contribution in [2.45, 2.75) is 38.2 Å². The van der Waals surface area contributed by atoms with E-state index in [-0.39, 0.29) is 12.0 Å². The highest BCUT2D eigenvalue weighted by atomic mass is 16.5. The predicted molar refractivity (Wildman–Crippen MR) is 53.0 cm³/mol. The molecule has 0 aromatic heterocycles. The van der Waals surface area contributed by atoms with Crippen LogP contribution in [0.3, 0.4) is 0 Å². The van der Waals surface area contributed by atoms with Crippen LogP contribution < -0.4 is 5.73 Å². The molecule has 82 valence electrons. The molecule has 0 heterocycles. The zero-order chi connectivity index (χ0) is 10.4. The molecule has 1 aliphatic carbocycles. The lowest BCUT2D eigenvalue weighted by atomic mass is 9.86. The Morgan fingerprint density at radius 1 is 1.43 bits per heavy atom. The first-order valence-corrected chi connectivity index (χ1v) is 5.30. The highest BCUT2D eigenvalue weighted by Crippen LogP contribution is 2.27. The quantitative estimate of drug-likeness (QED) is 0.651. The smallest absolute Gasteiger partial charge is 0.309 e. The van der Waals surface area contributed by atoms with E-state index in [0.29, 0.717) is 13.2 Å². The van der Waals surface area contributed by atoms with E-state index in [0.717, 1.165) is 32.1 Å². The Morgan fingerprint density at radius 3 is 2.79 bits per heavy atom. The normalized spacial score (nSPS) is 27.5. The average molecular weight is 201 g/mol. The summed E-state index contributed by atoms with van der Waals surface area (Å²) in [6, 6.07) is 0. The van der Waals surface area contributed by atoms with Gasteiger partial charge in [0.25, 0.3) is 0 Å². The van der Waals surface area contributed by atoms with E-state index in [1.54, 1.807) is 0 Å². The van der Waals surface area contributed by atoms with Crippen LogP contribution in [0.25, 0.3) is 0 Å². The zero-order valence-electron chi connectivity index (χ0n) is 8.45. The lowest BCUT2D eigenvalue weighted by molar-refractivity contribution is -0.149. The van der Waals surface area contributed by atoms with Crippen molar-refractivity contribution < 1.29 is 14.6 Å². The predicted octanol–water partition coefficient (Wildman–Crippen LogP) is 0.995.